The third kappa shape index (κ3) is 32.4. The van der Waals surface area contributed by atoms with Crippen molar-refractivity contribution < 1.29 is 101 Å². The quantitative estimate of drug-likeness (QED) is 0.0167. The van der Waals surface area contributed by atoms with E-state index in [-0.39, 0.29) is 74.8 Å². The number of benzene rings is 12. The molecule has 738 valence electrons. The normalized spacial score (nSPS) is 13.3. The Morgan fingerprint density at radius 1 is 0.298 bits per heavy atom. The number of morpholine rings is 3. The fourth-order valence-corrected chi connectivity index (χ4v) is 15.0. The van der Waals surface area contributed by atoms with Crippen LogP contribution in [0.3, 0.4) is 0 Å². The number of halogens is 1. The van der Waals surface area contributed by atoms with Crippen molar-refractivity contribution >= 4 is 82.7 Å². The number of phenols is 3. The highest BCUT2D eigenvalue weighted by molar-refractivity contribution is 6.13. The van der Waals surface area contributed by atoms with E-state index in [1.807, 2.05) is 185 Å². The van der Waals surface area contributed by atoms with Crippen LogP contribution in [0, 0.1) is 13.8 Å². The summed E-state index contributed by atoms with van der Waals surface area (Å²) < 4.78 is 50.4. The van der Waals surface area contributed by atoms with Crippen LogP contribution in [0.4, 0.5) is 22.7 Å². The number of carbonyl (C=O) groups is 8. The highest BCUT2D eigenvalue weighted by Crippen LogP contribution is 2.36. The topological polar surface area (TPSA) is 358 Å². The second kappa shape index (κ2) is 50.7. The van der Waals surface area contributed by atoms with Gasteiger partial charge in [-0.2, -0.15) is 0 Å². The molecule has 3 aliphatic heterocycles. The van der Waals surface area contributed by atoms with Gasteiger partial charge in [0.2, 0.25) is 0 Å². The fraction of sp³-hybridized carbons (Fsp3) is 0.286. The van der Waals surface area contributed by atoms with E-state index < -0.39 is 58.4 Å². The molecule has 28 nitrogen and oxygen atoms in total. The van der Waals surface area contributed by atoms with Crippen LogP contribution in [0.1, 0.15) is 156 Å². The summed E-state index contributed by atoms with van der Waals surface area (Å²) in [5.74, 6) is -3.59. The van der Waals surface area contributed by atoms with Crippen molar-refractivity contribution in [3.05, 3.63) is 323 Å². The fourth-order valence-electron chi connectivity index (χ4n) is 15.0. The number of amides is 4. The smallest absolute Gasteiger partial charge is 0.340 e. The summed E-state index contributed by atoms with van der Waals surface area (Å²) in [6.45, 7) is 33.0. The summed E-state index contributed by atoms with van der Waals surface area (Å²) in [4.78, 5) is 110. The molecular formula is C112H122ClN7O21. The lowest BCUT2D eigenvalue weighted by Gasteiger charge is -2.26. The van der Waals surface area contributed by atoms with E-state index in [0.29, 0.717) is 97.1 Å². The number of hydrogen-bond acceptors (Lipinski definition) is 23. The summed E-state index contributed by atoms with van der Waals surface area (Å²) in [5, 5.41) is 51.3. The van der Waals surface area contributed by atoms with Crippen LogP contribution < -0.4 is 35.5 Å². The van der Waals surface area contributed by atoms with E-state index in [1.54, 1.807) is 115 Å². The standard InChI is InChI=1S/C31H36N2O5.C30H34N2O6.C26H26N2O6.C25H25NO4.ClH/c1-22-10-12-25(37-19-16-33-14-17-36-18-15-33)21-27(22)29(34)32-28-20-24(23-8-6-5-7-9-23)11-13-26(28)30(35)38-31(2,3)4;1-30(2,3)38-29(35)24-11-9-22(21-7-5-4-6-8-21)19-26(24)31-28(34)25-20-23(10-12-27(25)33)37-18-15-32-13-16-36-17-14-32;29-24-9-7-20(34-15-12-28-10-13-33-14-11-28)17-22(24)25(30)27-23-16-19(6-8-21(23)26(31)32)18-4-2-1-3-5-18;1-16-10-12-19(27)15-21(16)23(28)26-22-14-18(17-8-6-5-7-9-17)11-13-20(22)24(29)30-25(2,3)4;/h5-13,20-21H,14-19H2,1-4H3,(H,32,34);4-12,19-20,33H,13-18H2,1-3H3,(H,31,34);1-9,16-17,29H,10-15H2,(H,27,30)(H,31,32);5-15,27H,1-4H3,(H,26,28);1H. The number of esters is 3. The van der Waals surface area contributed by atoms with Crippen molar-refractivity contribution in [2.24, 2.45) is 0 Å². The van der Waals surface area contributed by atoms with Gasteiger partial charge < -0.3 is 84.3 Å². The summed E-state index contributed by atoms with van der Waals surface area (Å²) in [6, 6.07) is 78.1. The molecule has 0 atom stereocenters. The molecule has 15 rings (SSSR count). The van der Waals surface area contributed by atoms with E-state index in [4.69, 9.17) is 42.6 Å². The van der Waals surface area contributed by atoms with Crippen LogP contribution >= 0.6 is 12.4 Å². The molecule has 29 heteroatoms. The number of anilines is 4. The molecule has 0 aliphatic carbocycles. The number of aromatic carboxylic acids is 1. The van der Waals surface area contributed by atoms with Crippen molar-refractivity contribution in [2.75, 3.05) is 140 Å². The summed E-state index contributed by atoms with van der Waals surface area (Å²) in [7, 11) is 0. The lowest BCUT2D eigenvalue weighted by Crippen LogP contribution is -2.38. The Morgan fingerprint density at radius 3 is 0.844 bits per heavy atom. The lowest BCUT2D eigenvalue weighted by atomic mass is 10.0. The molecule has 12 aromatic carbocycles. The number of rotatable bonds is 28. The first kappa shape index (κ1) is 107. The predicted octanol–water partition coefficient (Wildman–Crippen LogP) is 20.3. The van der Waals surface area contributed by atoms with Crippen LogP contribution in [-0.2, 0) is 28.4 Å². The Morgan fingerprint density at radius 2 is 0.553 bits per heavy atom. The summed E-state index contributed by atoms with van der Waals surface area (Å²) in [6.07, 6.45) is 0. The zero-order valence-corrected chi connectivity index (χ0v) is 81.9. The number of nitrogens with one attached hydrogen (secondary N) is 4. The van der Waals surface area contributed by atoms with Gasteiger partial charge in [0.25, 0.3) is 23.6 Å². The molecule has 0 spiro atoms. The average Bonchev–Trinajstić information content (AvgIpc) is 0.811. The maximum absolute atomic E-state index is 13.5. The van der Waals surface area contributed by atoms with Gasteiger partial charge in [0.1, 0.15) is 71.1 Å². The van der Waals surface area contributed by atoms with Gasteiger partial charge in [-0.15, -0.1) is 12.4 Å². The predicted molar refractivity (Wildman–Crippen MR) is 548 cm³/mol. The zero-order chi connectivity index (χ0) is 100. The molecule has 0 aromatic heterocycles. The van der Waals surface area contributed by atoms with Crippen molar-refractivity contribution in [3.8, 4) is 79.0 Å². The Kier molecular flexibility index (Phi) is 38.4. The number of aryl methyl sites for hydroxylation is 2. The van der Waals surface area contributed by atoms with E-state index in [2.05, 4.69) is 36.0 Å². The van der Waals surface area contributed by atoms with Gasteiger partial charge in [-0.05, 0) is 241 Å². The minimum Gasteiger partial charge on any atom is -0.508 e. The van der Waals surface area contributed by atoms with E-state index in [1.165, 1.54) is 42.5 Å². The first-order valence-corrected chi connectivity index (χ1v) is 46.4. The number of hydrogen-bond donors (Lipinski definition) is 8. The second-order valence-electron chi connectivity index (χ2n) is 36.4. The monoisotopic (exact) mass is 1940 g/mol. The maximum atomic E-state index is 13.5. The van der Waals surface area contributed by atoms with Gasteiger partial charge in [-0.25, -0.2) is 19.2 Å². The van der Waals surface area contributed by atoms with Gasteiger partial charge in [0.15, 0.2) is 0 Å². The molecule has 8 N–H and O–H groups in total. The highest BCUT2D eigenvalue weighted by Gasteiger charge is 2.29. The van der Waals surface area contributed by atoms with Gasteiger partial charge in [-0.3, -0.25) is 33.9 Å². The summed E-state index contributed by atoms with van der Waals surface area (Å²) >= 11 is 0. The number of phenolic OH excluding ortho intramolecular Hbond substituents is 3. The minimum atomic E-state index is -1.17. The maximum Gasteiger partial charge on any atom is 0.340 e. The van der Waals surface area contributed by atoms with E-state index >= 15 is 0 Å². The lowest BCUT2D eigenvalue weighted by molar-refractivity contribution is 0.00580. The number of ether oxygens (including phenoxy) is 9. The molecule has 0 unspecified atom stereocenters. The number of carboxylic acid groups (broad SMARTS) is 1. The Balaban J connectivity index is 0.000000180. The molecule has 3 saturated heterocycles. The zero-order valence-electron chi connectivity index (χ0n) is 81.1. The first-order chi connectivity index (χ1) is 67.0. The summed E-state index contributed by atoms with van der Waals surface area (Å²) in [5.41, 5.74) is 9.23. The molecule has 0 saturated carbocycles. The van der Waals surface area contributed by atoms with Gasteiger partial charge in [-0.1, -0.05) is 158 Å². The molecular weight excluding hydrogens is 1810 g/mol. The van der Waals surface area contributed by atoms with Gasteiger partial charge in [0, 0.05) is 70.0 Å². The number of nitrogens with zero attached hydrogens (tertiary/aromatic N) is 3. The molecule has 0 radical (unpaired) electrons. The first-order valence-electron chi connectivity index (χ1n) is 46.4. The minimum absolute atomic E-state index is 0. The highest BCUT2D eigenvalue weighted by atomic mass is 35.5. The van der Waals surface area contributed by atoms with Crippen molar-refractivity contribution in [1.82, 2.24) is 14.7 Å². The molecule has 4 amide bonds. The number of carboxylic acids is 1. The van der Waals surface area contributed by atoms with Crippen LogP contribution in [-0.4, -0.2) is 218 Å². The average molecular weight is 1940 g/mol. The van der Waals surface area contributed by atoms with Gasteiger partial charge in [0.05, 0.1) is 95.8 Å². The molecule has 3 aliphatic rings. The van der Waals surface area contributed by atoms with E-state index in [9.17, 15) is 58.8 Å². The largest absolute Gasteiger partial charge is 0.508 e. The second-order valence-corrected chi connectivity index (χ2v) is 36.4. The molecule has 3 heterocycles. The van der Waals surface area contributed by atoms with Crippen LogP contribution in [0.2, 0.25) is 0 Å². The molecule has 141 heavy (non-hydrogen) atoms. The Bertz CT molecular complexity index is 6090. The number of carbonyl (C=O) groups excluding carboxylic acids is 7. The Labute approximate surface area is 828 Å². The van der Waals surface area contributed by atoms with Crippen molar-refractivity contribution in [2.45, 2.75) is 93.0 Å². The van der Waals surface area contributed by atoms with Crippen molar-refractivity contribution in [1.29, 1.82) is 0 Å². The van der Waals surface area contributed by atoms with Gasteiger partial charge >= 0.3 is 23.9 Å². The number of aromatic hydroxyl groups is 3. The molecule has 0 bridgehead atoms. The SMILES string of the molecule is CC(C)(C)OC(=O)c1ccc(-c2ccccc2)cc1NC(=O)c1cc(OCCN2CCOCC2)ccc1O.Cc1ccc(O)cc1C(=O)Nc1cc(-c2ccccc2)ccc1C(=O)OC(C)(C)C.Cc1ccc(OCCN2CCOCC2)cc1C(=O)Nc1cc(-c2ccccc2)ccc1C(=O)OC(C)(C)C.Cl.O=C(Nc1cc(-c2ccccc2)ccc1C(=O)O)c1cc(OCCN2CCOCC2)ccc1O. The Hall–Kier alpha value is -14.8. The third-order valence-corrected chi connectivity index (χ3v) is 22.3. The molecule has 3 fully saturated rings. The third-order valence-electron chi connectivity index (χ3n) is 22.3. The van der Waals surface area contributed by atoms with E-state index in [0.717, 1.165) is 122 Å². The van der Waals surface area contributed by atoms with Crippen LogP contribution in [0.25, 0.3) is 44.5 Å². The molecule has 12 aromatic rings. The van der Waals surface area contributed by atoms with Crippen LogP contribution in [0.15, 0.2) is 267 Å². The van der Waals surface area contributed by atoms with Crippen LogP contribution in [0.5, 0.6) is 34.5 Å². The van der Waals surface area contributed by atoms with Crippen molar-refractivity contribution in [3.63, 3.8) is 0 Å².